The van der Waals surface area contributed by atoms with Crippen LogP contribution in [-0.2, 0) is 4.79 Å². The molecule has 0 aromatic rings. The minimum atomic E-state index is -0.562. The van der Waals surface area contributed by atoms with Crippen LogP contribution in [0.3, 0.4) is 0 Å². The highest BCUT2D eigenvalue weighted by Gasteiger charge is 2.64. The van der Waals surface area contributed by atoms with Gasteiger partial charge in [-0.3, -0.25) is 4.79 Å². The molecule has 0 radical (unpaired) electrons. The molecule has 0 amide bonds. The summed E-state index contributed by atoms with van der Waals surface area (Å²) in [5, 5.41) is 21.4. The summed E-state index contributed by atoms with van der Waals surface area (Å²) in [4.78, 5) is 12.0. The van der Waals surface area contributed by atoms with Crippen molar-refractivity contribution in [2.24, 2.45) is 34.5 Å². The number of carbonyl (C=O) groups is 1. The lowest BCUT2D eigenvalue weighted by atomic mass is 9.44. The Hall–Kier alpha value is -0.670. The van der Waals surface area contributed by atoms with Gasteiger partial charge in [-0.25, -0.2) is 0 Å². The Morgan fingerprint density at radius 2 is 1.88 bits per heavy atom. The van der Waals surface area contributed by atoms with Crippen molar-refractivity contribution >= 4 is 5.78 Å². The molecule has 2 N–H and O–H groups in total. The zero-order valence-electron chi connectivity index (χ0n) is 15.3. The molecule has 2 unspecified atom stereocenters. The lowest BCUT2D eigenvalue weighted by Gasteiger charge is -2.61. The zero-order chi connectivity index (χ0) is 17.3. The quantitative estimate of drug-likeness (QED) is 0.773. The van der Waals surface area contributed by atoms with Crippen LogP contribution in [0, 0.1) is 34.5 Å². The van der Waals surface area contributed by atoms with E-state index in [0.717, 1.165) is 38.5 Å². The van der Waals surface area contributed by atoms with Gasteiger partial charge in [-0.1, -0.05) is 19.4 Å². The largest absolute Gasteiger partial charge is 0.395 e. The van der Waals surface area contributed by atoms with Crippen molar-refractivity contribution < 1.29 is 15.0 Å². The smallest absolute Gasteiger partial charge is 0.155 e. The Morgan fingerprint density at radius 3 is 2.58 bits per heavy atom. The van der Waals surface area contributed by atoms with Crippen molar-refractivity contribution in [3.63, 3.8) is 0 Å². The average molecular weight is 332 g/mol. The number of fused-ring (bicyclic) bond motifs is 5. The Kier molecular flexibility index (Phi) is 3.61. The Balaban J connectivity index is 1.77. The molecule has 7 atom stereocenters. The SMILES string of the molecule is CC1CC2=CC(=O)CC[C@]2(CO)[C@@H]2CC[C@@]3(C)[C@@H](CCC3(C)O)[C@H]12. The van der Waals surface area contributed by atoms with Gasteiger partial charge in [-0.2, -0.15) is 0 Å². The van der Waals surface area contributed by atoms with Crippen molar-refractivity contribution in [2.45, 2.75) is 71.3 Å². The molecule has 0 aromatic heterocycles. The predicted octanol–water partition coefficient (Wildman–Crippen LogP) is 3.49. The molecule has 3 saturated carbocycles. The van der Waals surface area contributed by atoms with E-state index in [1.54, 1.807) is 0 Å². The summed E-state index contributed by atoms with van der Waals surface area (Å²) >= 11 is 0. The third-order valence-electron chi connectivity index (χ3n) is 8.88. The molecule has 4 rings (SSSR count). The Labute approximate surface area is 145 Å². The second-order valence-electron chi connectivity index (χ2n) is 9.69. The molecule has 0 bridgehead atoms. The summed E-state index contributed by atoms with van der Waals surface area (Å²) in [5.74, 6) is 2.35. The molecule has 134 valence electrons. The van der Waals surface area contributed by atoms with Crippen molar-refractivity contribution in [2.75, 3.05) is 6.61 Å². The first-order chi connectivity index (χ1) is 11.2. The molecule has 0 saturated heterocycles. The maximum absolute atomic E-state index is 12.0. The number of hydrogen-bond acceptors (Lipinski definition) is 3. The van der Waals surface area contributed by atoms with Gasteiger partial charge in [0.15, 0.2) is 5.78 Å². The molecule has 0 aliphatic heterocycles. The van der Waals surface area contributed by atoms with Gasteiger partial charge in [-0.15, -0.1) is 0 Å². The van der Waals surface area contributed by atoms with Gasteiger partial charge in [0.1, 0.15) is 0 Å². The van der Waals surface area contributed by atoms with E-state index in [1.165, 1.54) is 5.57 Å². The second-order valence-corrected chi connectivity index (χ2v) is 9.69. The monoisotopic (exact) mass is 332 g/mol. The van der Waals surface area contributed by atoms with Gasteiger partial charge in [0, 0.05) is 11.8 Å². The van der Waals surface area contributed by atoms with E-state index in [4.69, 9.17) is 0 Å². The molecule has 0 spiro atoms. The molecule has 3 heteroatoms. The molecule has 4 aliphatic rings. The van der Waals surface area contributed by atoms with Gasteiger partial charge in [0.25, 0.3) is 0 Å². The third kappa shape index (κ3) is 1.94. The fourth-order valence-electron chi connectivity index (χ4n) is 7.26. The number of carbonyl (C=O) groups excluding carboxylic acids is 1. The molecule has 4 aliphatic carbocycles. The number of rotatable bonds is 1. The minimum Gasteiger partial charge on any atom is -0.395 e. The van der Waals surface area contributed by atoms with Gasteiger partial charge in [0.2, 0.25) is 0 Å². The minimum absolute atomic E-state index is 0.00474. The fourth-order valence-corrected chi connectivity index (χ4v) is 7.26. The van der Waals surface area contributed by atoms with E-state index >= 15 is 0 Å². The number of hydrogen-bond donors (Lipinski definition) is 2. The zero-order valence-corrected chi connectivity index (χ0v) is 15.3. The number of aliphatic hydroxyl groups is 2. The molecule has 0 heterocycles. The lowest BCUT2D eigenvalue weighted by molar-refractivity contribution is -0.140. The lowest BCUT2D eigenvalue weighted by Crippen LogP contribution is -2.57. The maximum Gasteiger partial charge on any atom is 0.155 e. The van der Waals surface area contributed by atoms with E-state index in [1.807, 2.05) is 13.0 Å². The summed E-state index contributed by atoms with van der Waals surface area (Å²) < 4.78 is 0. The van der Waals surface area contributed by atoms with E-state index in [2.05, 4.69) is 13.8 Å². The summed E-state index contributed by atoms with van der Waals surface area (Å²) in [5.41, 5.74) is 0.502. The summed E-state index contributed by atoms with van der Waals surface area (Å²) in [6.07, 6.45) is 8.34. The summed E-state index contributed by atoms with van der Waals surface area (Å²) in [6, 6.07) is 0. The second kappa shape index (κ2) is 5.17. The van der Waals surface area contributed by atoms with Crippen LogP contribution < -0.4 is 0 Å². The normalized spacial score (nSPS) is 53.9. The van der Waals surface area contributed by atoms with Gasteiger partial charge in [-0.05, 0) is 80.6 Å². The van der Waals surface area contributed by atoms with E-state index in [0.29, 0.717) is 30.1 Å². The first-order valence-electron chi connectivity index (χ1n) is 9.82. The number of ketones is 1. The van der Waals surface area contributed by atoms with Crippen LogP contribution in [0.4, 0.5) is 0 Å². The van der Waals surface area contributed by atoms with Crippen molar-refractivity contribution in [3.05, 3.63) is 11.6 Å². The summed E-state index contributed by atoms with van der Waals surface area (Å²) in [6.45, 7) is 6.85. The van der Waals surface area contributed by atoms with Crippen LogP contribution in [-0.4, -0.2) is 28.2 Å². The van der Waals surface area contributed by atoms with Crippen LogP contribution in [0.15, 0.2) is 11.6 Å². The molecule has 0 aromatic carbocycles. The maximum atomic E-state index is 12.0. The topological polar surface area (TPSA) is 57.5 Å². The van der Waals surface area contributed by atoms with Crippen molar-refractivity contribution in [1.82, 2.24) is 0 Å². The van der Waals surface area contributed by atoms with Crippen LogP contribution in [0.5, 0.6) is 0 Å². The van der Waals surface area contributed by atoms with Crippen molar-refractivity contribution in [3.8, 4) is 0 Å². The molecule has 3 nitrogen and oxygen atoms in total. The van der Waals surface area contributed by atoms with Crippen LogP contribution in [0.25, 0.3) is 0 Å². The van der Waals surface area contributed by atoms with Gasteiger partial charge >= 0.3 is 0 Å². The predicted molar refractivity (Wildman–Crippen MR) is 93.3 cm³/mol. The van der Waals surface area contributed by atoms with E-state index < -0.39 is 5.60 Å². The standard InChI is InChI=1S/C21H32O3/c1-13-10-14-11-15(23)4-9-21(14,12-22)17-5-7-19(2)16(18(13)17)6-8-20(19,3)24/h11,13,16-18,22,24H,4-10,12H2,1-3H3/t13?,16-,17+,18-,19-,20?,21+/m0/s1. The Bertz CT molecular complexity index is 592. The fraction of sp³-hybridized carbons (Fsp3) is 0.857. The van der Waals surface area contributed by atoms with Gasteiger partial charge in [0.05, 0.1) is 12.2 Å². The third-order valence-corrected chi connectivity index (χ3v) is 8.88. The number of aliphatic hydroxyl groups excluding tert-OH is 1. The molecule has 3 fully saturated rings. The molecule has 24 heavy (non-hydrogen) atoms. The van der Waals surface area contributed by atoms with Gasteiger partial charge < -0.3 is 10.2 Å². The van der Waals surface area contributed by atoms with Crippen LogP contribution in [0.2, 0.25) is 0 Å². The van der Waals surface area contributed by atoms with Crippen molar-refractivity contribution in [1.29, 1.82) is 0 Å². The van der Waals surface area contributed by atoms with Crippen LogP contribution >= 0.6 is 0 Å². The highest BCUT2D eigenvalue weighted by atomic mass is 16.3. The highest BCUT2D eigenvalue weighted by molar-refractivity contribution is 5.91. The first-order valence-corrected chi connectivity index (χ1v) is 9.82. The molecular formula is C21H32O3. The first kappa shape index (κ1) is 16.8. The van der Waals surface area contributed by atoms with Crippen LogP contribution in [0.1, 0.15) is 65.7 Å². The average Bonchev–Trinajstić information content (AvgIpc) is 2.77. The van der Waals surface area contributed by atoms with E-state index in [9.17, 15) is 15.0 Å². The highest BCUT2D eigenvalue weighted by Crippen LogP contribution is 2.68. The Morgan fingerprint density at radius 1 is 1.17 bits per heavy atom. The van der Waals surface area contributed by atoms with E-state index in [-0.39, 0.29) is 23.2 Å². The summed E-state index contributed by atoms with van der Waals surface area (Å²) in [7, 11) is 0. The molecular weight excluding hydrogens is 300 g/mol.